The van der Waals surface area contributed by atoms with Crippen molar-refractivity contribution < 1.29 is 0 Å². The third-order valence-electron chi connectivity index (χ3n) is 1.72. The van der Waals surface area contributed by atoms with E-state index in [2.05, 4.69) is 35.6 Å². The number of thiophene rings is 1. The fraction of sp³-hybridized carbons (Fsp3) is 0.300. The van der Waals surface area contributed by atoms with Crippen LogP contribution in [0.4, 0.5) is 0 Å². The van der Waals surface area contributed by atoms with E-state index >= 15 is 0 Å². The van der Waals surface area contributed by atoms with Crippen LogP contribution in [0.5, 0.6) is 0 Å². The van der Waals surface area contributed by atoms with Crippen molar-refractivity contribution in [2.75, 3.05) is 6.54 Å². The fourth-order valence-corrected chi connectivity index (χ4v) is 2.02. The van der Waals surface area contributed by atoms with Crippen molar-refractivity contribution in [2.45, 2.75) is 13.0 Å². The van der Waals surface area contributed by atoms with Gasteiger partial charge >= 0.3 is 0 Å². The zero-order valence-corrected chi connectivity index (χ0v) is 9.75. The molecule has 1 rings (SSSR count). The standard InChI is InChI=1S/C10H14N2S2/c1-3-6-11-10(13)12-8(2)9-5-4-7-14-9/h3-5,7-8H,1,6H2,2H3,(H2,11,12,13)/t8-/m0/s1. The van der Waals surface area contributed by atoms with Crippen LogP contribution in [-0.2, 0) is 0 Å². The SMILES string of the molecule is C=CCNC(=S)N[C@@H](C)c1cccs1. The van der Waals surface area contributed by atoms with Gasteiger partial charge in [0.2, 0.25) is 0 Å². The van der Waals surface area contributed by atoms with Gasteiger partial charge in [0, 0.05) is 11.4 Å². The van der Waals surface area contributed by atoms with Gasteiger partial charge in [0.15, 0.2) is 5.11 Å². The summed E-state index contributed by atoms with van der Waals surface area (Å²) in [5.74, 6) is 0. The fourth-order valence-electron chi connectivity index (χ4n) is 1.02. The Morgan fingerprint density at radius 2 is 2.57 bits per heavy atom. The van der Waals surface area contributed by atoms with Crippen LogP contribution < -0.4 is 10.6 Å². The molecule has 1 atom stereocenters. The van der Waals surface area contributed by atoms with Crippen molar-refractivity contribution in [3.63, 3.8) is 0 Å². The molecule has 2 N–H and O–H groups in total. The van der Waals surface area contributed by atoms with Crippen LogP contribution in [-0.4, -0.2) is 11.7 Å². The second-order valence-electron chi connectivity index (χ2n) is 2.88. The van der Waals surface area contributed by atoms with Crippen molar-refractivity contribution in [1.82, 2.24) is 10.6 Å². The zero-order valence-electron chi connectivity index (χ0n) is 8.12. The first kappa shape index (κ1) is 11.2. The molecule has 0 radical (unpaired) electrons. The first-order valence-electron chi connectivity index (χ1n) is 4.42. The minimum Gasteiger partial charge on any atom is -0.359 e. The van der Waals surface area contributed by atoms with E-state index in [0.29, 0.717) is 11.7 Å². The highest BCUT2D eigenvalue weighted by molar-refractivity contribution is 7.80. The van der Waals surface area contributed by atoms with Crippen LogP contribution >= 0.6 is 23.6 Å². The summed E-state index contributed by atoms with van der Waals surface area (Å²) in [5, 5.41) is 8.97. The van der Waals surface area contributed by atoms with Crippen LogP contribution in [0.15, 0.2) is 30.2 Å². The van der Waals surface area contributed by atoms with E-state index in [-0.39, 0.29) is 6.04 Å². The largest absolute Gasteiger partial charge is 0.359 e. The molecule has 0 aromatic carbocycles. The lowest BCUT2D eigenvalue weighted by Gasteiger charge is -2.14. The molecule has 2 nitrogen and oxygen atoms in total. The van der Waals surface area contributed by atoms with Crippen LogP contribution in [0.1, 0.15) is 17.8 Å². The van der Waals surface area contributed by atoms with Gasteiger partial charge in [0.1, 0.15) is 0 Å². The summed E-state index contributed by atoms with van der Waals surface area (Å²) >= 11 is 6.83. The van der Waals surface area contributed by atoms with Gasteiger partial charge in [0.05, 0.1) is 6.04 Å². The van der Waals surface area contributed by atoms with Gasteiger partial charge in [-0.1, -0.05) is 12.1 Å². The Labute approximate surface area is 94.0 Å². The highest BCUT2D eigenvalue weighted by atomic mass is 32.1. The number of nitrogens with one attached hydrogen (secondary N) is 2. The van der Waals surface area contributed by atoms with Crippen LogP contribution in [0.2, 0.25) is 0 Å². The summed E-state index contributed by atoms with van der Waals surface area (Å²) < 4.78 is 0. The maximum absolute atomic E-state index is 5.10. The molecule has 0 bridgehead atoms. The predicted molar refractivity (Wildman–Crippen MR) is 66.7 cm³/mol. The summed E-state index contributed by atoms with van der Waals surface area (Å²) in [5.41, 5.74) is 0. The molecule has 0 spiro atoms. The highest BCUT2D eigenvalue weighted by Crippen LogP contribution is 2.17. The molecular formula is C10H14N2S2. The Kier molecular flexibility index (Phi) is 4.62. The Bertz CT molecular complexity index is 293. The Balaban J connectivity index is 2.37. The van der Waals surface area contributed by atoms with Gasteiger partial charge < -0.3 is 10.6 Å². The van der Waals surface area contributed by atoms with Gasteiger partial charge in [0.25, 0.3) is 0 Å². The van der Waals surface area contributed by atoms with E-state index in [0.717, 1.165) is 0 Å². The minimum absolute atomic E-state index is 0.264. The Hall–Kier alpha value is -0.870. The molecule has 4 heteroatoms. The third-order valence-corrected chi connectivity index (χ3v) is 3.04. The Morgan fingerprint density at radius 3 is 3.14 bits per heavy atom. The number of rotatable bonds is 4. The molecule has 0 aliphatic rings. The van der Waals surface area contributed by atoms with Crippen LogP contribution in [0, 0.1) is 0 Å². The first-order valence-corrected chi connectivity index (χ1v) is 5.71. The molecule has 0 saturated carbocycles. The van der Waals surface area contributed by atoms with Crippen molar-refractivity contribution >= 4 is 28.7 Å². The molecular weight excluding hydrogens is 212 g/mol. The topological polar surface area (TPSA) is 24.1 Å². The molecule has 0 unspecified atom stereocenters. The van der Waals surface area contributed by atoms with E-state index in [4.69, 9.17) is 12.2 Å². The smallest absolute Gasteiger partial charge is 0.167 e. The minimum atomic E-state index is 0.264. The predicted octanol–water partition coefficient (Wildman–Crippen LogP) is 2.46. The molecule has 0 saturated heterocycles. The van der Waals surface area contributed by atoms with Crippen molar-refractivity contribution in [3.8, 4) is 0 Å². The molecule has 0 amide bonds. The maximum atomic E-state index is 5.10. The number of thiocarbonyl (C=S) groups is 1. The van der Waals surface area contributed by atoms with Crippen LogP contribution in [0.3, 0.4) is 0 Å². The van der Waals surface area contributed by atoms with Gasteiger partial charge in [-0.25, -0.2) is 0 Å². The van der Waals surface area contributed by atoms with Crippen molar-refractivity contribution in [2.24, 2.45) is 0 Å². The lowest BCUT2D eigenvalue weighted by Crippen LogP contribution is -2.36. The molecule has 0 aliphatic heterocycles. The highest BCUT2D eigenvalue weighted by Gasteiger charge is 2.06. The summed E-state index contributed by atoms with van der Waals surface area (Å²) in [6.07, 6.45) is 1.78. The molecule has 1 aromatic heterocycles. The summed E-state index contributed by atoms with van der Waals surface area (Å²) in [6, 6.07) is 4.40. The van der Waals surface area contributed by atoms with Crippen molar-refractivity contribution in [1.29, 1.82) is 0 Å². The summed E-state index contributed by atoms with van der Waals surface area (Å²) in [4.78, 5) is 1.28. The zero-order chi connectivity index (χ0) is 10.4. The van der Waals surface area contributed by atoms with Crippen molar-refractivity contribution in [3.05, 3.63) is 35.0 Å². The normalized spacial score (nSPS) is 11.8. The summed E-state index contributed by atoms with van der Waals surface area (Å²) in [6.45, 7) is 6.40. The third kappa shape index (κ3) is 3.47. The Morgan fingerprint density at radius 1 is 1.79 bits per heavy atom. The molecule has 1 heterocycles. The average Bonchev–Trinajstić information content (AvgIpc) is 2.67. The molecule has 1 aromatic rings. The molecule has 14 heavy (non-hydrogen) atoms. The van der Waals surface area contributed by atoms with E-state index in [1.165, 1.54) is 4.88 Å². The van der Waals surface area contributed by atoms with E-state index in [9.17, 15) is 0 Å². The lowest BCUT2D eigenvalue weighted by molar-refractivity contribution is 0.719. The van der Waals surface area contributed by atoms with E-state index < -0.39 is 0 Å². The monoisotopic (exact) mass is 226 g/mol. The quantitative estimate of drug-likeness (QED) is 0.609. The first-order chi connectivity index (χ1) is 6.74. The van der Waals surface area contributed by atoms with Gasteiger partial charge in [-0.15, -0.1) is 17.9 Å². The van der Waals surface area contributed by atoms with E-state index in [1.807, 2.05) is 6.07 Å². The second kappa shape index (κ2) is 5.78. The van der Waals surface area contributed by atoms with Gasteiger partial charge in [-0.3, -0.25) is 0 Å². The number of hydrogen-bond acceptors (Lipinski definition) is 2. The van der Waals surface area contributed by atoms with Gasteiger partial charge in [-0.05, 0) is 30.6 Å². The molecule has 0 aliphatic carbocycles. The molecule has 76 valence electrons. The lowest BCUT2D eigenvalue weighted by atomic mass is 10.3. The molecule has 0 fully saturated rings. The van der Waals surface area contributed by atoms with E-state index in [1.54, 1.807) is 17.4 Å². The maximum Gasteiger partial charge on any atom is 0.167 e. The average molecular weight is 226 g/mol. The van der Waals surface area contributed by atoms with Gasteiger partial charge in [-0.2, -0.15) is 0 Å². The summed E-state index contributed by atoms with van der Waals surface area (Å²) in [7, 11) is 0. The second-order valence-corrected chi connectivity index (χ2v) is 4.27. The number of hydrogen-bond donors (Lipinski definition) is 2. The van der Waals surface area contributed by atoms with Crippen LogP contribution in [0.25, 0.3) is 0 Å².